The van der Waals surface area contributed by atoms with Crippen molar-refractivity contribution in [2.45, 2.75) is 112 Å². The molecule has 0 aromatic rings. The molecule has 0 saturated heterocycles. The van der Waals surface area contributed by atoms with E-state index in [-0.39, 0.29) is 12.3 Å². The summed E-state index contributed by atoms with van der Waals surface area (Å²) in [4.78, 5) is 0. The van der Waals surface area contributed by atoms with Crippen LogP contribution in [-0.4, -0.2) is 90.8 Å². The Morgan fingerprint density at radius 3 is 1.23 bits per heavy atom. The molecule has 0 aromatic carbocycles. The third-order valence-corrected chi connectivity index (χ3v) is 7.77. The molecule has 0 fully saturated rings. The largest absolute Gasteiger partial charge is 0.460 e. The summed E-state index contributed by atoms with van der Waals surface area (Å²) in [6, 6.07) is 0. The number of nitrogens with zero attached hydrogens (tertiary/aromatic N) is 1. The van der Waals surface area contributed by atoms with E-state index in [4.69, 9.17) is 0 Å². The van der Waals surface area contributed by atoms with Crippen LogP contribution in [0.1, 0.15) is 64.7 Å². The van der Waals surface area contributed by atoms with Gasteiger partial charge in [0.05, 0.1) is 27.2 Å². The van der Waals surface area contributed by atoms with Crippen molar-refractivity contribution in [3.8, 4) is 0 Å². The van der Waals surface area contributed by atoms with Crippen molar-refractivity contribution in [3.63, 3.8) is 0 Å². The first-order chi connectivity index (χ1) is 19.0. The summed E-state index contributed by atoms with van der Waals surface area (Å²) in [5, 5.41) is 0. The van der Waals surface area contributed by atoms with E-state index in [2.05, 4.69) is 6.92 Å². The highest BCUT2D eigenvalue weighted by Crippen LogP contribution is 2.64. The van der Waals surface area contributed by atoms with Crippen molar-refractivity contribution >= 4 is 11.8 Å². The van der Waals surface area contributed by atoms with Gasteiger partial charge in [-0.25, -0.2) is 0 Å². The quantitative estimate of drug-likeness (QED) is 0.0656. The van der Waals surface area contributed by atoms with Gasteiger partial charge in [0, 0.05) is 12.2 Å². The molecule has 0 aromatic heterocycles. The number of rotatable bonds is 21. The number of alkyl halides is 17. The topological polar surface area (TPSA) is 0 Å². The molecule has 0 aliphatic rings. The molecule has 43 heavy (non-hydrogen) atoms. The van der Waals surface area contributed by atoms with Crippen molar-refractivity contribution in [1.29, 1.82) is 0 Å². The molecular formula is C24H35F17NS+. The van der Waals surface area contributed by atoms with Crippen LogP contribution in [0, 0.1) is 0 Å². The first kappa shape index (κ1) is 42.1. The lowest BCUT2D eigenvalue weighted by Gasteiger charge is -2.42. The number of thioether (sulfide) groups is 1. The van der Waals surface area contributed by atoms with Crippen molar-refractivity contribution in [2.75, 3.05) is 38.7 Å². The molecule has 19 heteroatoms. The van der Waals surface area contributed by atoms with Crippen molar-refractivity contribution < 1.29 is 79.1 Å². The lowest BCUT2D eigenvalue weighted by molar-refractivity contribution is -0.888. The maximum Gasteiger partial charge on any atom is 0.460 e. The Labute approximate surface area is 242 Å². The van der Waals surface area contributed by atoms with Crippen LogP contribution in [0.3, 0.4) is 0 Å². The summed E-state index contributed by atoms with van der Waals surface area (Å²) >= 11 is 0.458. The summed E-state index contributed by atoms with van der Waals surface area (Å²) in [5.74, 6) is -57.1. The highest BCUT2D eigenvalue weighted by Gasteiger charge is 2.95. The van der Waals surface area contributed by atoms with Gasteiger partial charge in [0.15, 0.2) is 0 Å². The average Bonchev–Trinajstić information content (AvgIpc) is 2.83. The van der Waals surface area contributed by atoms with Gasteiger partial charge >= 0.3 is 47.6 Å². The van der Waals surface area contributed by atoms with Crippen molar-refractivity contribution in [2.24, 2.45) is 0 Å². The predicted octanol–water partition coefficient (Wildman–Crippen LogP) is 10.3. The lowest BCUT2D eigenvalue weighted by Crippen LogP contribution is -2.74. The van der Waals surface area contributed by atoms with Gasteiger partial charge in [0.2, 0.25) is 0 Å². The van der Waals surface area contributed by atoms with E-state index in [0.29, 0.717) is 22.8 Å². The number of hydrogen-bond donors (Lipinski definition) is 0. The van der Waals surface area contributed by atoms with Crippen LogP contribution >= 0.6 is 11.8 Å². The molecule has 0 bridgehead atoms. The standard InChI is InChI=1S/C24H35F17NS/c1-4-5-6-7-8-9-10-11-13-42(2,3)14-16-43-15-12-17(25,26)18(27,28)19(29,30)20(31,32)21(33,34)22(35,36)23(37,38)24(39,40)41/h4-16H2,1-3H3/q+1. The van der Waals surface area contributed by atoms with Gasteiger partial charge in [-0.3, -0.25) is 0 Å². The van der Waals surface area contributed by atoms with Gasteiger partial charge in [0.25, 0.3) is 0 Å². The average molecular weight is 693 g/mol. The third-order valence-electron chi connectivity index (χ3n) is 6.81. The summed E-state index contributed by atoms with van der Waals surface area (Å²) in [6.07, 6.45) is -1.95. The highest BCUT2D eigenvalue weighted by molar-refractivity contribution is 7.99. The monoisotopic (exact) mass is 692 g/mol. The van der Waals surface area contributed by atoms with Crippen LogP contribution in [0.5, 0.6) is 0 Å². The van der Waals surface area contributed by atoms with Crippen LogP contribution < -0.4 is 0 Å². The van der Waals surface area contributed by atoms with E-state index in [0.717, 1.165) is 51.4 Å². The Morgan fingerprint density at radius 1 is 0.442 bits per heavy atom. The van der Waals surface area contributed by atoms with Crippen molar-refractivity contribution in [1.82, 2.24) is 0 Å². The summed E-state index contributed by atoms with van der Waals surface area (Å²) in [5.41, 5.74) is 0. The molecule has 0 atom stereocenters. The Hall–Kier alpha value is -0.880. The minimum atomic E-state index is -8.59. The minimum absolute atomic E-state index is 0.0466. The van der Waals surface area contributed by atoms with E-state index in [1.54, 1.807) is 14.1 Å². The summed E-state index contributed by atoms with van der Waals surface area (Å²) in [7, 11) is 3.48. The number of quaternary nitrogens is 1. The molecule has 260 valence electrons. The first-order valence-electron chi connectivity index (χ1n) is 13.1. The van der Waals surface area contributed by atoms with Gasteiger partial charge in [-0.05, 0) is 18.6 Å². The van der Waals surface area contributed by atoms with Gasteiger partial charge in [-0.2, -0.15) is 86.4 Å². The Balaban J connectivity index is 5.32. The highest BCUT2D eigenvalue weighted by atomic mass is 32.2. The van der Waals surface area contributed by atoms with Crippen LogP contribution in [0.25, 0.3) is 0 Å². The van der Waals surface area contributed by atoms with Crippen LogP contribution in [0.2, 0.25) is 0 Å². The van der Waals surface area contributed by atoms with Crippen LogP contribution in [0.15, 0.2) is 0 Å². The predicted molar refractivity (Wildman–Crippen MR) is 127 cm³/mol. The maximum atomic E-state index is 14.0. The van der Waals surface area contributed by atoms with Gasteiger partial charge in [-0.15, -0.1) is 0 Å². The van der Waals surface area contributed by atoms with Gasteiger partial charge in [-0.1, -0.05) is 45.4 Å². The number of unbranched alkanes of at least 4 members (excludes halogenated alkanes) is 7. The molecule has 0 aliphatic heterocycles. The minimum Gasteiger partial charge on any atom is -0.328 e. The second-order valence-electron chi connectivity index (χ2n) is 10.9. The fraction of sp³-hybridized carbons (Fsp3) is 1.00. The van der Waals surface area contributed by atoms with E-state index in [1.807, 2.05) is 0 Å². The Morgan fingerprint density at radius 2 is 0.814 bits per heavy atom. The van der Waals surface area contributed by atoms with Gasteiger partial charge in [0.1, 0.15) is 0 Å². The smallest absolute Gasteiger partial charge is 0.328 e. The van der Waals surface area contributed by atoms with Crippen LogP contribution in [-0.2, 0) is 0 Å². The fourth-order valence-corrected chi connectivity index (χ4v) is 4.98. The second kappa shape index (κ2) is 14.7. The van der Waals surface area contributed by atoms with E-state index < -0.39 is 59.8 Å². The van der Waals surface area contributed by atoms with Crippen LogP contribution in [0.4, 0.5) is 74.6 Å². The summed E-state index contributed by atoms with van der Waals surface area (Å²) in [6.45, 7) is 2.95. The molecular weight excluding hydrogens is 657 g/mol. The zero-order valence-electron chi connectivity index (χ0n) is 23.5. The molecule has 0 heterocycles. The molecule has 0 aliphatic carbocycles. The Kier molecular flexibility index (Phi) is 14.4. The molecule has 0 amide bonds. The molecule has 0 radical (unpaired) electrons. The maximum absolute atomic E-state index is 14.0. The lowest BCUT2D eigenvalue weighted by atomic mass is 9.88. The molecule has 0 spiro atoms. The molecule has 1 nitrogen and oxygen atoms in total. The number of hydrogen-bond acceptors (Lipinski definition) is 1. The third kappa shape index (κ3) is 9.11. The zero-order chi connectivity index (χ0) is 34.4. The molecule has 0 N–H and O–H groups in total. The molecule has 0 saturated carbocycles. The first-order valence-corrected chi connectivity index (χ1v) is 14.3. The number of halogens is 17. The second-order valence-corrected chi connectivity index (χ2v) is 12.1. The molecule has 0 unspecified atom stereocenters. The van der Waals surface area contributed by atoms with Gasteiger partial charge < -0.3 is 4.48 Å². The normalized spacial score (nSPS) is 15.3. The van der Waals surface area contributed by atoms with Crippen molar-refractivity contribution in [3.05, 3.63) is 0 Å². The summed E-state index contributed by atoms with van der Waals surface area (Å²) < 4.78 is 227. The van der Waals surface area contributed by atoms with E-state index in [9.17, 15) is 74.6 Å². The Bertz CT molecular complexity index is 840. The van der Waals surface area contributed by atoms with E-state index >= 15 is 0 Å². The fourth-order valence-electron chi connectivity index (χ4n) is 3.75. The van der Waals surface area contributed by atoms with E-state index in [1.165, 1.54) is 0 Å². The SMILES string of the molecule is CCCCCCCCCC[N+](C)(C)CCSCCC(F)(F)C(F)(F)C(F)(F)C(F)(F)C(F)(F)C(F)(F)C(F)(F)C(F)(F)F. The molecule has 0 rings (SSSR count). The zero-order valence-corrected chi connectivity index (χ0v) is 24.3.